The van der Waals surface area contributed by atoms with Gasteiger partial charge in [-0.2, -0.15) is 0 Å². The zero-order valence-corrected chi connectivity index (χ0v) is 16.0. The lowest BCUT2D eigenvalue weighted by molar-refractivity contribution is -0.162. The molecular formula is C21H29NO5. The summed E-state index contributed by atoms with van der Waals surface area (Å²) in [7, 11) is 0. The van der Waals surface area contributed by atoms with Gasteiger partial charge in [-0.05, 0) is 31.1 Å². The molecule has 1 atom stereocenters. The number of hydrogen-bond acceptors (Lipinski definition) is 6. The Kier molecular flexibility index (Phi) is 6.88. The second-order valence-corrected chi connectivity index (χ2v) is 7.03. The first-order valence-electron chi connectivity index (χ1n) is 9.62. The van der Waals surface area contributed by atoms with E-state index in [0.29, 0.717) is 19.6 Å². The van der Waals surface area contributed by atoms with Crippen molar-refractivity contribution in [2.45, 2.75) is 38.1 Å². The molecule has 0 aromatic carbocycles. The Bertz CT molecular complexity index is 624. The lowest BCUT2D eigenvalue weighted by Gasteiger charge is -2.30. The number of rotatable bonds is 6. The SMILES string of the molecule is C=C(/C=C\[C@@H](C)OC(=O)/C=C/C1=CCCC2(C1)OCCO2)N1CCOCC1. The van der Waals surface area contributed by atoms with Gasteiger partial charge in [-0.1, -0.05) is 18.7 Å². The van der Waals surface area contributed by atoms with Crippen molar-refractivity contribution in [3.8, 4) is 0 Å². The van der Waals surface area contributed by atoms with E-state index < -0.39 is 5.79 Å². The van der Waals surface area contributed by atoms with Crippen LogP contribution in [0.25, 0.3) is 0 Å². The van der Waals surface area contributed by atoms with Crippen molar-refractivity contribution in [2.24, 2.45) is 0 Å². The first kappa shape index (κ1) is 19.9. The van der Waals surface area contributed by atoms with Gasteiger partial charge in [0, 0.05) is 37.7 Å². The Morgan fingerprint density at radius 2 is 2.00 bits per heavy atom. The van der Waals surface area contributed by atoms with Crippen molar-refractivity contribution in [2.75, 3.05) is 39.5 Å². The number of carbonyl (C=O) groups excluding carboxylic acids is 1. The van der Waals surface area contributed by atoms with E-state index in [0.717, 1.165) is 50.4 Å². The molecule has 0 aromatic rings. The van der Waals surface area contributed by atoms with Crippen molar-refractivity contribution in [3.63, 3.8) is 0 Å². The van der Waals surface area contributed by atoms with Crippen LogP contribution in [-0.4, -0.2) is 62.3 Å². The molecule has 27 heavy (non-hydrogen) atoms. The first-order valence-corrected chi connectivity index (χ1v) is 9.62. The predicted molar refractivity (Wildman–Crippen MR) is 102 cm³/mol. The molecule has 1 aliphatic carbocycles. The summed E-state index contributed by atoms with van der Waals surface area (Å²) in [6.45, 7) is 10.3. The summed E-state index contributed by atoms with van der Waals surface area (Å²) < 4.78 is 22.2. The molecule has 0 saturated carbocycles. The number of allylic oxidation sites excluding steroid dienone is 3. The average molecular weight is 375 g/mol. The molecular weight excluding hydrogens is 346 g/mol. The van der Waals surface area contributed by atoms with Gasteiger partial charge < -0.3 is 23.8 Å². The van der Waals surface area contributed by atoms with E-state index in [2.05, 4.69) is 17.6 Å². The summed E-state index contributed by atoms with van der Waals surface area (Å²) >= 11 is 0. The van der Waals surface area contributed by atoms with Gasteiger partial charge in [0.2, 0.25) is 0 Å². The van der Waals surface area contributed by atoms with Gasteiger partial charge in [-0.25, -0.2) is 4.79 Å². The maximum atomic E-state index is 12.1. The van der Waals surface area contributed by atoms with E-state index in [9.17, 15) is 4.79 Å². The van der Waals surface area contributed by atoms with Crippen LogP contribution in [0.4, 0.5) is 0 Å². The lowest BCUT2D eigenvalue weighted by Crippen LogP contribution is -2.34. The molecule has 3 rings (SSSR count). The number of hydrogen-bond donors (Lipinski definition) is 0. The third kappa shape index (κ3) is 5.79. The van der Waals surface area contributed by atoms with Crippen LogP contribution in [0.1, 0.15) is 26.2 Å². The minimum absolute atomic E-state index is 0.326. The molecule has 0 amide bonds. The van der Waals surface area contributed by atoms with Crippen LogP contribution < -0.4 is 0 Å². The van der Waals surface area contributed by atoms with Crippen LogP contribution in [0, 0.1) is 0 Å². The summed E-state index contributed by atoms with van der Waals surface area (Å²) in [5.74, 6) is -0.855. The van der Waals surface area contributed by atoms with E-state index in [4.69, 9.17) is 18.9 Å². The molecule has 2 aliphatic heterocycles. The van der Waals surface area contributed by atoms with Crippen molar-refractivity contribution < 1.29 is 23.7 Å². The Morgan fingerprint density at radius 3 is 2.74 bits per heavy atom. The quantitative estimate of drug-likeness (QED) is 0.404. The lowest BCUT2D eigenvalue weighted by atomic mass is 9.93. The van der Waals surface area contributed by atoms with E-state index in [1.165, 1.54) is 6.08 Å². The van der Waals surface area contributed by atoms with Gasteiger partial charge in [0.15, 0.2) is 5.79 Å². The third-order valence-corrected chi connectivity index (χ3v) is 4.93. The van der Waals surface area contributed by atoms with E-state index in [-0.39, 0.29) is 12.1 Å². The fourth-order valence-electron chi connectivity index (χ4n) is 3.46. The molecule has 0 bridgehead atoms. The van der Waals surface area contributed by atoms with Crippen LogP contribution in [0.15, 0.2) is 48.2 Å². The largest absolute Gasteiger partial charge is 0.455 e. The molecule has 0 radical (unpaired) electrons. The van der Waals surface area contributed by atoms with Crippen molar-refractivity contribution >= 4 is 5.97 Å². The van der Waals surface area contributed by atoms with Gasteiger partial charge in [-0.15, -0.1) is 0 Å². The normalized spacial score (nSPS) is 23.7. The molecule has 2 heterocycles. The molecule has 1 spiro atoms. The Morgan fingerprint density at radius 1 is 1.26 bits per heavy atom. The number of ether oxygens (including phenoxy) is 4. The van der Waals surface area contributed by atoms with Crippen molar-refractivity contribution in [3.05, 3.63) is 48.2 Å². The molecule has 6 nitrogen and oxygen atoms in total. The summed E-state index contributed by atoms with van der Waals surface area (Å²) in [4.78, 5) is 14.2. The summed E-state index contributed by atoms with van der Waals surface area (Å²) in [6.07, 6.45) is 11.2. The predicted octanol–water partition coefficient (Wildman–Crippen LogP) is 2.73. The van der Waals surface area contributed by atoms with Crippen LogP contribution in [0.3, 0.4) is 0 Å². The fourth-order valence-corrected chi connectivity index (χ4v) is 3.46. The minimum Gasteiger partial charge on any atom is -0.455 e. The van der Waals surface area contributed by atoms with E-state index >= 15 is 0 Å². The highest BCUT2D eigenvalue weighted by molar-refractivity contribution is 5.82. The molecule has 0 unspecified atom stereocenters. The molecule has 0 aromatic heterocycles. The van der Waals surface area contributed by atoms with Gasteiger partial charge in [-0.3, -0.25) is 0 Å². The first-order chi connectivity index (χ1) is 13.1. The van der Waals surface area contributed by atoms with Crippen LogP contribution in [0.2, 0.25) is 0 Å². The topological polar surface area (TPSA) is 57.2 Å². The van der Waals surface area contributed by atoms with Crippen molar-refractivity contribution in [1.29, 1.82) is 0 Å². The molecule has 2 fully saturated rings. The smallest absolute Gasteiger partial charge is 0.331 e. The monoisotopic (exact) mass is 375 g/mol. The number of esters is 1. The zero-order valence-electron chi connectivity index (χ0n) is 16.0. The molecule has 148 valence electrons. The maximum absolute atomic E-state index is 12.1. The Balaban J connectivity index is 1.44. The fraction of sp³-hybridized carbons (Fsp3) is 0.571. The van der Waals surface area contributed by atoms with Crippen molar-refractivity contribution in [1.82, 2.24) is 4.90 Å². The van der Waals surface area contributed by atoms with Gasteiger partial charge in [0.25, 0.3) is 0 Å². The molecule has 2 saturated heterocycles. The van der Waals surface area contributed by atoms with E-state index in [1.54, 1.807) is 6.08 Å². The van der Waals surface area contributed by atoms with Gasteiger partial charge >= 0.3 is 5.97 Å². The Hall–Kier alpha value is -1.89. The number of carbonyl (C=O) groups is 1. The molecule has 0 N–H and O–H groups in total. The standard InChI is InChI=1S/C21H29NO5/c1-17(22-10-12-24-13-11-22)5-6-18(2)27-20(23)8-7-19-4-3-9-21(16-19)25-14-15-26-21/h4-8,18H,1,3,9-16H2,2H3/b6-5-,8-7+/t18-/m1/s1. The highest BCUT2D eigenvalue weighted by atomic mass is 16.7. The van der Waals surface area contributed by atoms with Gasteiger partial charge in [0.05, 0.1) is 26.4 Å². The van der Waals surface area contributed by atoms with Crippen LogP contribution in [0.5, 0.6) is 0 Å². The molecule has 3 aliphatic rings. The van der Waals surface area contributed by atoms with E-state index in [1.807, 2.05) is 19.1 Å². The van der Waals surface area contributed by atoms with Crippen LogP contribution in [-0.2, 0) is 23.7 Å². The van der Waals surface area contributed by atoms with Crippen LogP contribution >= 0.6 is 0 Å². The van der Waals surface area contributed by atoms with Gasteiger partial charge in [0.1, 0.15) is 6.10 Å². The second kappa shape index (κ2) is 9.35. The summed E-state index contributed by atoms with van der Waals surface area (Å²) in [5, 5.41) is 0. The average Bonchev–Trinajstić information content (AvgIpc) is 3.12. The minimum atomic E-state index is -0.492. The highest BCUT2D eigenvalue weighted by Crippen LogP contribution is 2.36. The molecule has 6 heteroatoms. The highest BCUT2D eigenvalue weighted by Gasteiger charge is 2.38. The third-order valence-electron chi connectivity index (χ3n) is 4.93. The maximum Gasteiger partial charge on any atom is 0.331 e. The number of nitrogens with zero attached hydrogens (tertiary/aromatic N) is 1. The second-order valence-electron chi connectivity index (χ2n) is 7.03. The summed E-state index contributed by atoms with van der Waals surface area (Å²) in [6, 6.07) is 0. The Labute approximate surface area is 161 Å². The number of morpholine rings is 1. The summed E-state index contributed by atoms with van der Waals surface area (Å²) in [5.41, 5.74) is 1.95. The zero-order chi connectivity index (χ0) is 19.1.